The van der Waals surface area contributed by atoms with Crippen LogP contribution >= 0.6 is 11.8 Å². The van der Waals surface area contributed by atoms with Crippen molar-refractivity contribution in [1.82, 2.24) is 19.9 Å². The highest BCUT2D eigenvalue weighted by molar-refractivity contribution is 7.99. The molecule has 0 saturated carbocycles. The smallest absolute Gasteiger partial charge is 0.234 e. The van der Waals surface area contributed by atoms with Crippen molar-refractivity contribution in [2.45, 2.75) is 24.9 Å². The highest BCUT2D eigenvalue weighted by Gasteiger charge is 2.15. The van der Waals surface area contributed by atoms with Crippen LogP contribution in [0.3, 0.4) is 0 Å². The molecule has 7 nitrogen and oxygen atoms in total. The molecule has 3 N–H and O–H groups in total. The highest BCUT2D eigenvalue weighted by atomic mass is 32.2. The molecule has 0 saturated heterocycles. The average molecular weight is 368 g/mol. The van der Waals surface area contributed by atoms with E-state index in [1.54, 1.807) is 12.3 Å². The summed E-state index contributed by atoms with van der Waals surface area (Å²) >= 11 is 1.23. The molecular weight excluding hydrogens is 348 g/mol. The lowest BCUT2D eigenvalue weighted by molar-refractivity contribution is -0.113. The zero-order chi connectivity index (χ0) is 18.5. The van der Waals surface area contributed by atoms with Gasteiger partial charge in [-0.05, 0) is 29.7 Å². The maximum atomic E-state index is 12.3. The fourth-order valence-corrected chi connectivity index (χ4v) is 3.13. The molecule has 134 valence electrons. The number of nitrogens with two attached hydrogens (primary N) is 1. The number of nitrogen functional groups attached to an aromatic ring is 1. The largest absolute Gasteiger partial charge is 0.335 e. The second-order valence-corrected chi connectivity index (χ2v) is 6.91. The number of thioether (sulfide) groups is 1. The van der Waals surface area contributed by atoms with Crippen LogP contribution in [0.15, 0.2) is 53.8 Å². The number of nitrogens with one attached hydrogen (secondary N) is 1. The Bertz CT molecular complexity index is 894. The van der Waals surface area contributed by atoms with Gasteiger partial charge in [0, 0.05) is 11.9 Å². The first-order valence-electron chi connectivity index (χ1n) is 8.19. The molecule has 0 spiro atoms. The van der Waals surface area contributed by atoms with E-state index < -0.39 is 0 Å². The van der Waals surface area contributed by atoms with E-state index in [0.29, 0.717) is 22.6 Å². The molecule has 0 aliphatic carbocycles. The Hall–Kier alpha value is -2.87. The van der Waals surface area contributed by atoms with Gasteiger partial charge in [0.15, 0.2) is 0 Å². The Kier molecular flexibility index (Phi) is 5.52. The van der Waals surface area contributed by atoms with E-state index in [1.807, 2.05) is 36.4 Å². The van der Waals surface area contributed by atoms with Crippen LogP contribution < -0.4 is 11.2 Å². The van der Waals surface area contributed by atoms with E-state index in [2.05, 4.69) is 34.3 Å². The van der Waals surface area contributed by atoms with Crippen LogP contribution in [0.2, 0.25) is 0 Å². The minimum absolute atomic E-state index is 0.120. The fourth-order valence-electron chi connectivity index (χ4n) is 2.48. The van der Waals surface area contributed by atoms with Gasteiger partial charge < -0.3 is 11.2 Å². The topological polar surface area (TPSA) is 98.7 Å². The molecule has 0 bridgehead atoms. The molecule has 0 fully saturated rings. The van der Waals surface area contributed by atoms with Gasteiger partial charge in [0.05, 0.1) is 5.75 Å². The van der Waals surface area contributed by atoms with Crippen molar-refractivity contribution in [3.8, 4) is 11.5 Å². The van der Waals surface area contributed by atoms with Gasteiger partial charge in [-0.3, -0.25) is 9.78 Å². The van der Waals surface area contributed by atoms with Crippen LogP contribution in [-0.2, 0) is 4.79 Å². The number of hydrogen-bond acceptors (Lipinski definition) is 6. The molecule has 0 atom stereocenters. The van der Waals surface area contributed by atoms with E-state index in [-0.39, 0.29) is 11.7 Å². The molecule has 1 aromatic carbocycles. The number of amides is 1. The second-order valence-electron chi connectivity index (χ2n) is 5.97. The van der Waals surface area contributed by atoms with Crippen molar-refractivity contribution in [1.29, 1.82) is 0 Å². The molecule has 3 aromatic rings. The summed E-state index contributed by atoms with van der Waals surface area (Å²) in [6.45, 7) is 4.19. The summed E-state index contributed by atoms with van der Waals surface area (Å²) in [7, 11) is 0. The van der Waals surface area contributed by atoms with E-state index in [4.69, 9.17) is 5.84 Å². The number of hydrogen-bond donors (Lipinski definition) is 2. The standard InChI is InChI=1S/C18H20N6OS/c1-12(2)13-7-3-4-8-14(13)21-16(25)11-26-18-23-22-17(24(18)19)15-9-5-6-10-20-15/h3-10,12H,11,19H2,1-2H3,(H,21,25). The molecule has 2 aromatic heterocycles. The van der Waals surface area contributed by atoms with Crippen LogP contribution in [0.5, 0.6) is 0 Å². The maximum Gasteiger partial charge on any atom is 0.234 e. The Labute approximate surface area is 156 Å². The molecule has 0 unspecified atom stereocenters. The summed E-state index contributed by atoms with van der Waals surface area (Å²) in [5.74, 6) is 6.88. The third kappa shape index (κ3) is 4.02. The lowest BCUT2D eigenvalue weighted by atomic mass is 10.0. The van der Waals surface area contributed by atoms with Gasteiger partial charge in [0.2, 0.25) is 16.9 Å². The molecule has 0 aliphatic heterocycles. The van der Waals surface area contributed by atoms with E-state index in [9.17, 15) is 4.79 Å². The van der Waals surface area contributed by atoms with Crippen molar-refractivity contribution in [3.63, 3.8) is 0 Å². The lowest BCUT2D eigenvalue weighted by Crippen LogP contribution is -2.17. The Morgan fingerprint density at radius 2 is 1.96 bits per heavy atom. The number of carbonyl (C=O) groups is 1. The first kappa shape index (κ1) is 17.9. The Morgan fingerprint density at radius 1 is 1.19 bits per heavy atom. The number of para-hydroxylation sites is 1. The van der Waals surface area contributed by atoms with Crippen LogP contribution in [0, 0.1) is 0 Å². The maximum absolute atomic E-state index is 12.3. The van der Waals surface area contributed by atoms with Crippen LogP contribution in [-0.4, -0.2) is 31.5 Å². The minimum Gasteiger partial charge on any atom is -0.335 e. The number of rotatable bonds is 6. The van der Waals surface area contributed by atoms with Gasteiger partial charge in [-0.2, -0.15) is 0 Å². The van der Waals surface area contributed by atoms with Crippen LogP contribution in [0.4, 0.5) is 5.69 Å². The van der Waals surface area contributed by atoms with Gasteiger partial charge in [0.25, 0.3) is 0 Å². The molecule has 26 heavy (non-hydrogen) atoms. The van der Waals surface area contributed by atoms with Gasteiger partial charge in [-0.25, -0.2) is 4.68 Å². The third-order valence-corrected chi connectivity index (χ3v) is 4.69. The van der Waals surface area contributed by atoms with Gasteiger partial charge in [0.1, 0.15) is 5.69 Å². The molecule has 3 rings (SSSR count). The minimum atomic E-state index is -0.120. The quantitative estimate of drug-likeness (QED) is 0.513. The monoisotopic (exact) mass is 368 g/mol. The zero-order valence-electron chi connectivity index (χ0n) is 14.6. The Balaban J connectivity index is 1.65. The number of carbonyl (C=O) groups excluding carboxylic acids is 1. The number of anilines is 1. The third-order valence-electron chi connectivity index (χ3n) is 3.75. The number of benzene rings is 1. The number of nitrogens with zero attached hydrogens (tertiary/aromatic N) is 4. The highest BCUT2D eigenvalue weighted by Crippen LogP contribution is 2.24. The van der Waals surface area contributed by atoms with Crippen molar-refractivity contribution in [3.05, 3.63) is 54.2 Å². The molecule has 2 heterocycles. The molecule has 8 heteroatoms. The molecular formula is C18H20N6OS. The summed E-state index contributed by atoms with van der Waals surface area (Å²) < 4.78 is 1.35. The molecule has 0 radical (unpaired) electrons. The number of pyridine rings is 1. The van der Waals surface area contributed by atoms with Crippen molar-refractivity contribution in [2.75, 3.05) is 16.9 Å². The van der Waals surface area contributed by atoms with Crippen molar-refractivity contribution in [2.24, 2.45) is 0 Å². The summed E-state index contributed by atoms with van der Waals surface area (Å²) in [5.41, 5.74) is 2.56. The fraction of sp³-hybridized carbons (Fsp3) is 0.222. The van der Waals surface area contributed by atoms with Crippen LogP contribution in [0.25, 0.3) is 11.5 Å². The Morgan fingerprint density at radius 3 is 2.69 bits per heavy atom. The first-order valence-corrected chi connectivity index (χ1v) is 9.18. The SMILES string of the molecule is CC(C)c1ccccc1NC(=O)CSc1nnc(-c2ccccn2)n1N. The number of aromatic nitrogens is 4. The van der Waals surface area contributed by atoms with Crippen molar-refractivity contribution >= 4 is 23.4 Å². The lowest BCUT2D eigenvalue weighted by Gasteiger charge is -2.13. The van der Waals surface area contributed by atoms with Crippen molar-refractivity contribution < 1.29 is 4.79 Å². The van der Waals surface area contributed by atoms with Gasteiger partial charge in [-0.15, -0.1) is 10.2 Å². The molecule has 1 amide bonds. The normalized spacial score (nSPS) is 10.9. The first-order chi connectivity index (χ1) is 12.6. The second kappa shape index (κ2) is 8.01. The average Bonchev–Trinajstić information content (AvgIpc) is 3.01. The van der Waals surface area contributed by atoms with Crippen LogP contribution in [0.1, 0.15) is 25.3 Å². The van der Waals surface area contributed by atoms with Gasteiger partial charge >= 0.3 is 0 Å². The van der Waals surface area contributed by atoms with E-state index in [0.717, 1.165) is 11.3 Å². The summed E-state index contributed by atoms with van der Waals surface area (Å²) in [6.07, 6.45) is 1.66. The van der Waals surface area contributed by atoms with E-state index >= 15 is 0 Å². The zero-order valence-corrected chi connectivity index (χ0v) is 15.4. The summed E-state index contributed by atoms with van der Waals surface area (Å²) in [6, 6.07) is 13.3. The van der Waals surface area contributed by atoms with Gasteiger partial charge in [-0.1, -0.05) is 49.9 Å². The molecule has 0 aliphatic rings. The van der Waals surface area contributed by atoms with E-state index in [1.165, 1.54) is 16.4 Å². The predicted molar refractivity (Wildman–Crippen MR) is 103 cm³/mol. The summed E-state index contributed by atoms with van der Waals surface area (Å²) in [5, 5.41) is 11.5. The summed E-state index contributed by atoms with van der Waals surface area (Å²) in [4.78, 5) is 16.5. The predicted octanol–water partition coefficient (Wildman–Crippen LogP) is 2.91.